The molecule has 0 bridgehead atoms. The number of anilines is 1. The van der Waals surface area contributed by atoms with Gasteiger partial charge in [0.1, 0.15) is 6.04 Å². The van der Waals surface area contributed by atoms with E-state index in [2.05, 4.69) is 14.8 Å². The summed E-state index contributed by atoms with van der Waals surface area (Å²) in [6.07, 6.45) is -0.222. The number of rotatable bonds is 6. The molecular formula is C13H15NO6. The Balaban J connectivity index is 2.88. The highest BCUT2D eigenvalue weighted by Gasteiger charge is 2.23. The highest BCUT2D eigenvalue weighted by atomic mass is 16.5. The van der Waals surface area contributed by atoms with Gasteiger partial charge < -0.3 is 19.9 Å². The van der Waals surface area contributed by atoms with Gasteiger partial charge in [0.2, 0.25) is 0 Å². The summed E-state index contributed by atoms with van der Waals surface area (Å²) in [5.41, 5.74) is 0.459. The predicted molar refractivity (Wildman–Crippen MR) is 69.5 cm³/mol. The van der Waals surface area contributed by atoms with Crippen LogP contribution < -0.4 is 5.32 Å². The SMILES string of the molecule is COC(=O)CC(Nc1cccc(C(=O)O)c1)C(=O)OC. The Bertz CT molecular complexity index is 513. The summed E-state index contributed by atoms with van der Waals surface area (Å²) in [4.78, 5) is 33.7. The third-order valence-corrected chi connectivity index (χ3v) is 2.53. The normalized spacial score (nSPS) is 11.3. The maximum Gasteiger partial charge on any atom is 0.335 e. The van der Waals surface area contributed by atoms with Crippen molar-refractivity contribution < 1.29 is 29.0 Å². The van der Waals surface area contributed by atoms with E-state index in [4.69, 9.17) is 5.11 Å². The molecule has 7 nitrogen and oxygen atoms in total. The van der Waals surface area contributed by atoms with Crippen LogP contribution in [0.3, 0.4) is 0 Å². The molecule has 1 unspecified atom stereocenters. The largest absolute Gasteiger partial charge is 0.478 e. The van der Waals surface area contributed by atoms with Crippen LogP contribution in [-0.2, 0) is 19.1 Å². The second kappa shape index (κ2) is 7.13. The summed E-state index contributed by atoms with van der Waals surface area (Å²) in [7, 11) is 2.41. The molecule has 0 heterocycles. The first kappa shape index (κ1) is 15.5. The van der Waals surface area contributed by atoms with E-state index in [9.17, 15) is 14.4 Å². The van der Waals surface area contributed by atoms with E-state index in [-0.39, 0.29) is 12.0 Å². The highest BCUT2D eigenvalue weighted by Crippen LogP contribution is 2.14. The first-order chi connectivity index (χ1) is 9.47. The van der Waals surface area contributed by atoms with Crippen LogP contribution in [0, 0.1) is 0 Å². The van der Waals surface area contributed by atoms with E-state index in [1.807, 2.05) is 0 Å². The Labute approximate surface area is 115 Å². The lowest BCUT2D eigenvalue weighted by Gasteiger charge is -2.16. The van der Waals surface area contributed by atoms with Gasteiger partial charge in [-0.1, -0.05) is 6.07 Å². The minimum atomic E-state index is -1.09. The molecule has 0 aliphatic carbocycles. The molecule has 0 saturated heterocycles. The predicted octanol–water partition coefficient (Wildman–Crippen LogP) is 0.901. The summed E-state index contributed by atoms with van der Waals surface area (Å²) in [5.74, 6) is -2.31. The number of ether oxygens (including phenoxy) is 2. The molecule has 108 valence electrons. The first-order valence-electron chi connectivity index (χ1n) is 5.72. The summed E-state index contributed by atoms with van der Waals surface area (Å²) < 4.78 is 9.08. The van der Waals surface area contributed by atoms with Crippen molar-refractivity contribution in [3.63, 3.8) is 0 Å². The van der Waals surface area contributed by atoms with Gasteiger partial charge in [-0.2, -0.15) is 0 Å². The molecule has 1 aromatic carbocycles. The smallest absolute Gasteiger partial charge is 0.335 e. The van der Waals surface area contributed by atoms with Gasteiger partial charge in [-0.15, -0.1) is 0 Å². The van der Waals surface area contributed by atoms with Gasteiger partial charge >= 0.3 is 17.9 Å². The van der Waals surface area contributed by atoms with Gasteiger partial charge in [0.05, 0.1) is 26.2 Å². The van der Waals surface area contributed by atoms with Gasteiger partial charge in [0.25, 0.3) is 0 Å². The van der Waals surface area contributed by atoms with Gasteiger partial charge in [0.15, 0.2) is 0 Å². The first-order valence-corrected chi connectivity index (χ1v) is 5.72. The summed E-state index contributed by atoms with van der Waals surface area (Å²) in [5, 5.41) is 11.6. The van der Waals surface area contributed by atoms with Crippen molar-refractivity contribution in [2.45, 2.75) is 12.5 Å². The number of benzene rings is 1. The van der Waals surface area contributed by atoms with Crippen molar-refractivity contribution in [2.24, 2.45) is 0 Å². The van der Waals surface area contributed by atoms with Crippen LogP contribution in [0.5, 0.6) is 0 Å². The quantitative estimate of drug-likeness (QED) is 0.747. The van der Waals surface area contributed by atoms with Gasteiger partial charge in [-0.05, 0) is 18.2 Å². The average Bonchev–Trinajstić information content (AvgIpc) is 2.45. The third-order valence-electron chi connectivity index (χ3n) is 2.53. The molecule has 0 fully saturated rings. The topological polar surface area (TPSA) is 102 Å². The number of carboxylic acids is 1. The number of esters is 2. The van der Waals surface area contributed by atoms with Crippen molar-refractivity contribution in [1.29, 1.82) is 0 Å². The third kappa shape index (κ3) is 4.27. The number of carbonyl (C=O) groups is 3. The molecular weight excluding hydrogens is 266 g/mol. The molecule has 0 radical (unpaired) electrons. The van der Waals surface area contributed by atoms with Crippen LogP contribution in [0.2, 0.25) is 0 Å². The van der Waals surface area contributed by atoms with Gasteiger partial charge in [-0.3, -0.25) is 4.79 Å². The Morgan fingerprint density at radius 2 is 1.95 bits per heavy atom. The molecule has 2 N–H and O–H groups in total. The molecule has 20 heavy (non-hydrogen) atoms. The maximum atomic E-state index is 11.6. The van der Waals surface area contributed by atoms with Crippen LogP contribution in [-0.4, -0.2) is 43.3 Å². The van der Waals surface area contributed by atoms with Crippen LogP contribution >= 0.6 is 0 Å². The van der Waals surface area contributed by atoms with Crippen molar-refractivity contribution in [3.05, 3.63) is 29.8 Å². The number of hydrogen-bond acceptors (Lipinski definition) is 6. The Kier molecular flexibility index (Phi) is 5.52. The Morgan fingerprint density at radius 3 is 2.50 bits per heavy atom. The minimum absolute atomic E-state index is 0.0664. The number of carboxylic acid groups (broad SMARTS) is 1. The zero-order valence-corrected chi connectivity index (χ0v) is 11.1. The molecule has 0 saturated carbocycles. The molecule has 0 aliphatic heterocycles. The molecule has 1 rings (SSSR count). The van der Waals surface area contributed by atoms with Gasteiger partial charge in [0, 0.05) is 5.69 Å². The fraction of sp³-hybridized carbons (Fsp3) is 0.308. The number of aromatic carboxylic acids is 1. The van der Waals surface area contributed by atoms with Crippen molar-refractivity contribution in [3.8, 4) is 0 Å². The van der Waals surface area contributed by atoms with Gasteiger partial charge in [-0.25, -0.2) is 9.59 Å². The molecule has 0 amide bonds. The van der Waals surface area contributed by atoms with Crippen LogP contribution in [0.25, 0.3) is 0 Å². The molecule has 7 heteroatoms. The lowest BCUT2D eigenvalue weighted by Crippen LogP contribution is -2.33. The lowest BCUT2D eigenvalue weighted by atomic mass is 10.1. The standard InChI is InChI=1S/C13H15NO6/c1-19-11(15)7-10(13(18)20-2)14-9-5-3-4-8(6-9)12(16)17/h3-6,10,14H,7H2,1-2H3,(H,16,17). The Morgan fingerprint density at radius 1 is 1.25 bits per heavy atom. The van der Waals surface area contributed by atoms with Crippen molar-refractivity contribution in [1.82, 2.24) is 0 Å². The van der Waals surface area contributed by atoms with E-state index < -0.39 is 23.9 Å². The molecule has 1 atom stereocenters. The summed E-state index contributed by atoms with van der Waals surface area (Å²) in [6, 6.07) is 4.94. The van der Waals surface area contributed by atoms with E-state index in [0.717, 1.165) is 0 Å². The second-order valence-electron chi connectivity index (χ2n) is 3.89. The monoisotopic (exact) mass is 281 g/mol. The van der Waals surface area contributed by atoms with E-state index in [1.165, 1.54) is 32.4 Å². The number of carbonyl (C=O) groups excluding carboxylic acids is 2. The molecule has 1 aromatic rings. The zero-order valence-electron chi connectivity index (χ0n) is 11.1. The fourth-order valence-corrected chi connectivity index (χ4v) is 1.53. The number of nitrogens with one attached hydrogen (secondary N) is 1. The van der Waals surface area contributed by atoms with E-state index >= 15 is 0 Å². The lowest BCUT2D eigenvalue weighted by molar-refractivity contribution is -0.148. The highest BCUT2D eigenvalue weighted by molar-refractivity contribution is 5.89. The number of hydrogen-bond donors (Lipinski definition) is 2. The minimum Gasteiger partial charge on any atom is -0.478 e. The molecule has 0 spiro atoms. The Hall–Kier alpha value is -2.57. The molecule has 0 aromatic heterocycles. The zero-order chi connectivity index (χ0) is 15.1. The molecule has 0 aliphatic rings. The fourth-order valence-electron chi connectivity index (χ4n) is 1.53. The van der Waals surface area contributed by atoms with E-state index in [1.54, 1.807) is 6.07 Å². The van der Waals surface area contributed by atoms with Crippen molar-refractivity contribution >= 4 is 23.6 Å². The van der Waals surface area contributed by atoms with Crippen LogP contribution in [0.1, 0.15) is 16.8 Å². The number of methoxy groups -OCH3 is 2. The van der Waals surface area contributed by atoms with E-state index in [0.29, 0.717) is 5.69 Å². The summed E-state index contributed by atoms with van der Waals surface area (Å²) in [6.45, 7) is 0. The second-order valence-corrected chi connectivity index (χ2v) is 3.89. The summed E-state index contributed by atoms with van der Waals surface area (Å²) >= 11 is 0. The van der Waals surface area contributed by atoms with Crippen molar-refractivity contribution in [2.75, 3.05) is 19.5 Å². The maximum absolute atomic E-state index is 11.6. The average molecular weight is 281 g/mol. The van der Waals surface area contributed by atoms with Crippen LogP contribution in [0.4, 0.5) is 5.69 Å². The van der Waals surface area contributed by atoms with Crippen LogP contribution in [0.15, 0.2) is 24.3 Å².